The van der Waals surface area contributed by atoms with Gasteiger partial charge in [0.15, 0.2) is 11.4 Å². The van der Waals surface area contributed by atoms with Crippen molar-refractivity contribution in [2.24, 2.45) is 0 Å². The maximum absolute atomic E-state index is 10.9. The van der Waals surface area contributed by atoms with Crippen LogP contribution in [0.4, 0.5) is 5.69 Å². The molecule has 2 aromatic rings. The highest BCUT2D eigenvalue weighted by atomic mass is 16.6. The summed E-state index contributed by atoms with van der Waals surface area (Å²) < 4.78 is 5.35. The van der Waals surface area contributed by atoms with E-state index < -0.39 is 10.9 Å². The Labute approximate surface area is 113 Å². The molecular formula is C13H10N2O5. The maximum Gasteiger partial charge on any atom is 0.358 e. The van der Waals surface area contributed by atoms with Crippen LogP contribution in [0.3, 0.4) is 0 Å². The average Bonchev–Trinajstić information content (AvgIpc) is 2.45. The van der Waals surface area contributed by atoms with Crippen LogP contribution in [0.1, 0.15) is 16.1 Å². The first-order valence-corrected chi connectivity index (χ1v) is 5.62. The highest BCUT2D eigenvalue weighted by Gasteiger charge is 2.13. The number of benzene rings is 1. The minimum atomic E-state index is -1.19. The second-order valence-corrected chi connectivity index (χ2v) is 3.87. The van der Waals surface area contributed by atoms with Crippen molar-refractivity contribution in [2.75, 3.05) is 0 Å². The molecule has 20 heavy (non-hydrogen) atoms. The molecule has 0 aliphatic carbocycles. The molecule has 102 valence electrons. The van der Waals surface area contributed by atoms with E-state index >= 15 is 0 Å². The van der Waals surface area contributed by atoms with Gasteiger partial charge in [-0.15, -0.1) is 0 Å². The number of aromatic nitrogens is 1. The van der Waals surface area contributed by atoms with E-state index in [1.165, 1.54) is 30.5 Å². The summed E-state index contributed by atoms with van der Waals surface area (Å²) in [7, 11) is 0. The third-order valence-corrected chi connectivity index (χ3v) is 2.49. The predicted octanol–water partition coefficient (Wildman–Crippen LogP) is 2.27. The van der Waals surface area contributed by atoms with Crippen molar-refractivity contribution in [2.45, 2.75) is 6.61 Å². The fourth-order valence-corrected chi connectivity index (χ4v) is 1.59. The van der Waals surface area contributed by atoms with Crippen LogP contribution in [0, 0.1) is 10.1 Å². The van der Waals surface area contributed by atoms with E-state index in [4.69, 9.17) is 9.84 Å². The zero-order chi connectivity index (χ0) is 14.5. The quantitative estimate of drug-likeness (QED) is 0.662. The third kappa shape index (κ3) is 3.08. The lowest BCUT2D eigenvalue weighted by atomic mass is 10.2. The van der Waals surface area contributed by atoms with Crippen molar-refractivity contribution in [3.63, 3.8) is 0 Å². The Hall–Kier alpha value is -2.96. The summed E-state index contributed by atoms with van der Waals surface area (Å²) >= 11 is 0. The molecule has 0 saturated carbocycles. The van der Waals surface area contributed by atoms with Gasteiger partial charge in [0.25, 0.3) is 5.69 Å². The topological polar surface area (TPSA) is 103 Å². The van der Waals surface area contributed by atoms with Crippen LogP contribution in [0.15, 0.2) is 42.6 Å². The summed E-state index contributed by atoms with van der Waals surface area (Å²) in [4.78, 5) is 24.8. The molecule has 0 unspecified atom stereocenters. The number of ether oxygens (including phenoxy) is 1. The van der Waals surface area contributed by atoms with Gasteiger partial charge in [0, 0.05) is 18.3 Å². The van der Waals surface area contributed by atoms with Crippen LogP contribution < -0.4 is 4.74 Å². The number of carboxylic acid groups (broad SMARTS) is 1. The number of aromatic carboxylic acids is 1. The van der Waals surface area contributed by atoms with Crippen LogP contribution in [0.2, 0.25) is 0 Å². The number of rotatable bonds is 5. The molecule has 0 amide bonds. The van der Waals surface area contributed by atoms with Gasteiger partial charge in [-0.1, -0.05) is 12.1 Å². The number of hydrogen-bond donors (Lipinski definition) is 1. The summed E-state index contributed by atoms with van der Waals surface area (Å²) in [6.45, 7) is 0.0215. The molecule has 1 N–H and O–H groups in total. The number of nitro groups is 1. The molecule has 0 radical (unpaired) electrons. The molecule has 0 saturated heterocycles. The van der Waals surface area contributed by atoms with Crippen molar-refractivity contribution < 1.29 is 19.6 Å². The second kappa shape index (κ2) is 5.79. The molecule has 0 fully saturated rings. The minimum absolute atomic E-state index is 0.0215. The maximum atomic E-state index is 10.9. The van der Waals surface area contributed by atoms with Gasteiger partial charge in [0.1, 0.15) is 6.61 Å². The van der Waals surface area contributed by atoms with Crippen molar-refractivity contribution in [1.82, 2.24) is 4.98 Å². The summed E-state index contributed by atoms with van der Waals surface area (Å²) in [6, 6.07) is 8.97. The number of pyridine rings is 1. The Morgan fingerprint density at radius 2 is 2.15 bits per heavy atom. The van der Waals surface area contributed by atoms with E-state index in [2.05, 4.69) is 4.98 Å². The number of hydrogen-bond acceptors (Lipinski definition) is 5. The molecule has 0 atom stereocenters. The number of nitrogens with zero attached hydrogens (tertiary/aromatic N) is 2. The van der Waals surface area contributed by atoms with Crippen LogP contribution >= 0.6 is 0 Å². The number of nitro benzene ring substituents is 1. The highest BCUT2D eigenvalue weighted by Crippen LogP contribution is 2.19. The van der Waals surface area contributed by atoms with Gasteiger partial charge in [-0.05, 0) is 17.7 Å². The fraction of sp³-hybridized carbons (Fsp3) is 0.0769. The summed E-state index contributed by atoms with van der Waals surface area (Å²) in [5, 5.41) is 19.6. The first-order chi connectivity index (χ1) is 9.58. The van der Waals surface area contributed by atoms with E-state index in [0.717, 1.165) is 0 Å². The molecule has 7 heteroatoms. The monoisotopic (exact) mass is 274 g/mol. The molecular weight excluding hydrogens is 264 g/mol. The lowest BCUT2D eigenvalue weighted by Crippen LogP contribution is -2.05. The smallest absolute Gasteiger partial charge is 0.358 e. The Bertz CT molecular complexity index is 657. The van der Waals surface area contributed by atoms with Crippen LogP contribution in [0.5, 0.6) is 5.75 Å². The molecule has 0 aliphatic heterocycles. The van der Waals surface area contributed by atoms with Crippen molar-refractivity contribution >= 4 is 11.7 Å². The number of non-ortho nitro benzene ring substituents is 1. The second-order valence-electron chi connectivity index (χ2n) is 3.87. The van der Waals surface area contributed by atoms with Crippen molar-refractivity contribution in [3.05, 3.63) is 64.0 Å². The SMILES string of the molecule is O=C(O)c1ncccc1OCc1cccc([N+](=O)[O-])c1. The summed E-state index contributed by atoms with van der Waals surface area (Å²) in [5.74, 6) is -1.08. The first-order valence-electron chi connectivity index (χ1n) is 5.62. The van der Waals surface area contributed by atoms with Gasteiger partial charge in [0.2, 0.25) is 0 Å². The Morgan fingerprint density at radius 1 is 1.35 bits per heavy atom. The molecule has 0 bridgehead atoms. The van der Waals surface area contributed by atoms with Gasteiger partial charge in [-0.3, -0.25) is 10.1 Å². The fourth-order valence-electron chi connectivity index (χ4n) is 1.59. The van der Waals surface area contributed by atoms with E-state index in [-0.39, 0.29) is 23.7 Å². The number of carboxylic acids is 1. The standard InChI is InChI=1S/C13H10N2O5/c16-13(17)12-11(5-2-6-14-12)20-8-9-3-1-4-10(7-9)15(18)19/h1-7H,8H2,(H,16,17). The summed E-state index contributed by atoms with van der Waals surface area (Å²) in [6.07, 6.45) is 1.35. The minimum Gasteiger partial charge on any atom is -0.486 e. The Kier molecular flexibility index (Phi) is 3.90. The Morgan fingerprint density at radius 3 is 2.85 bits per heavy atom. The van der Waals surface area contributed by atoms with E-state index in [1.54, 1.807) is 12.1 Å². The van der Waals surface area contributed by atoms with Gasteiger partial charge >= 0.3 is 5.97 Å². The summed E-state index contributed by atoms with van der Waals surface area (Å²) in [5.41, 5.74) is 0.327. The molecule has 7 nitrogen and oxygen atoms in total. The zero-order valence-electron chi connectivity index (χ0n) is 10.2. The first kappa shape index (κ1) is 13.5. The van der Waals surface area contributed by atoms with Gasteiger partial charge in [0.05, 0.1) is 4.92 Å². The van der Waals surface area contributed by atoms with Gasteiger partial charge in [-0.25, -0.2) is 9.78 Å². The van der Waals surface area contributed by atoms with Gasteiger partial charge in [-0.2, -0.15) is 0 Å². The molecule has 0 spiro atoms. The molecule has 2 rings (SSSR count). The normalized spacial score (nSPS) is 10.0. The number of carbonyl (C=O) groups is 1. The largest absolute Gasteiger partial charge is 0.486 e. The van der Waals surface area contributed by atoms with Crippen LogP contribution in [-0.4, -0.2) is 21.0 Å². The average molecular weight is 274 g/mol. The lowest BCUT2D eigenvalue weighted by molar-refractivity contribution is -0.384. The zero-order valence-corrected chi connectivity index (χ0v) is 10.2. The van der Waals surface area contributed by atoms with Crippen LogP contribution in [-0.2, 0) is 6.61 Å². The van der Waals surface area contributed by atoms with Gasteiger partial charge < -0.3 is 9.84 Å². The predicted molar refractivity (Wildman–Crippen MR) is 68.6 cm³/mol. The van der Waals surface area contributed by atoms with E-state index in [1.807, 2.05) is 0 Å². The molecule has 0 aliphatic rings. The Balaban J connectivity index is 2.15. The van der Waals surface area contributed by atoms with E-state index in [0.29, 0.717) is 5.56 Å². The molecule has 1 aromatic carbocycles. The molecule has 1 heterocycles. The molecule has 1 aromatic heterocycles. The lowest BCUT2D eigenvalue weighted by Gasteiger charge is -2.08. The third-order valence-electron chi connectivity index (χ3n) is 2.49. The van der Waals surface area contributed by atoms with E-state index in [9.17, 15) is 14.9 Å². The highest BCUT2D eigenvalue weighted by molar-refractivity contribution is 5.88. The van der Waals surface area contributed by atoms with Crippen molar-refractivity contribution in [1.29, 1.82) is 0 Å². The van der Waals surface area contributed by atoms with Crippen LogP contribution in [0.25, 0.3) is 0 Å². The van der Waals surface area contributed by atoms with Crippen molar-refractivity contribution in [3.8, 4) is 5.75 Å².